The van der Waals surface area contributed by atoms with Gasteiger partial charge in [-0.25, -0.2) is 9.59 Å². The molecule has 0 unspecified atom stereocenters. The third-order valence-corrected chi connectivity index (χ3v) is 5.13. The maximum atomic E-state index is 12.6. The number of urea groups is 1. The van der Waals surface area contributed by atoms with Crippen LogP contribution in [0.1, 0.15) is 30.9 Å². The summed E-state index contributed by atoms with van der Waals surface area (Å²) in [5.74, 6) is 0. The fourth-order valence-electron chi connectivity index (χ4n) is 2.91. The van der Waals surface area contributed by atoms with Crippen molar-refractivity contribution in [2.45, 2.75) is 32.7 Å². The van der Waals surface area contributed by atoms with Gasteiger partial charge in [-0.15, -0.1) is 0 Å². The fourth-order valence-corrected chi connectivity index (χ4v) is 3.12. The minimum atomic E-state index is -0.553. The molecule has 0 aromatic heterocycles. The lowest BCUT2D eigenvalue weighted by Crippen LogP contribution is -2.42. The van der Waals surface area contributed by atoms with Gasteiger partial charge in [0.25, 0.3) is 0 Å². The molecule has 2 aromatic carbocycles. The number of nitrogens with two attached hydrogens (primary N) is 1. The van der Waals surface area contributed by atoms with Gasteiger partial charge in [-0.1, -0.05) is 48.9 Å². The molecule has 31 heavy (non-hydrogen) atoms. The second-order valence-electron chi connectivity index (χ2n) is 7.04. The lowest BCUT2D eigenvalue weighted by Gasteiger charge is -2.23. The third kappa shape index (κ3) is 8.86. The molecule has 7 nitrogen and oxygen atoms in total. The smallest absolute Gasteiger partial charge is 0.411 e. The predicted molar refractivity (Wildman–Crippen MR) is 124 cm³/mol. The number of aryl methyl sites for hydroxylation is 1. The Hall–Kier alpha value is -2.77. The molecule has 0 saturated heterocycles. The fraction of sp³-hybridized carbons (Fsp3) is 0.391. The van der Waals surface area contributed by atoms with Gasteiger partial charge in [-0.3, -0.25) is 5.32 Å². The summed E-state index contributed by atoms with van der Waals surface area (Å²) in [5, 5.41) is 6.16. The Balaban J connectivity index is 1.82. The first-order valence-electron chi connectivity index (χ1n) is 10.5. The number of hydrogen-bond donors (Lipinski definition) is 3. The van der Waals surface area contributed by atoms with Crippen LogP contribution in [0, 0.1) is 0 Å². The third-order valence-electron chi connectivity index (χ3n) is 4.76. The maximum Gasteiger partial charge on any atom is 0.411 e. The monoisotopic (exact) mass is 446 g/mol. The number of unbranched alkanes of at least 4 members (excludes halogenated alkanes) is 1. The summed E-state index contributed by atoms with van der Waals surface area (Å²) in [6.07, 6.45) is 1.96. The average Bonchev–Trinajstić information content (AvgIpc) is 2.78. The summed E-state index contributed by atoms with van der Waals surface area (Å²) in [7, 11) is 0. The van der Waals surface area contributed by atoms with E-state index in [1.165, 1.54) is 5.56 Å². The molecule has 0 fully saturated rings. The quantitative estimate of drug-likeness (QED) is 0.445. The number of ether oxygens (including phenoxy) is 1. The van der Waals surface area contributed by atoms with Gasteiger partial charge in [-0.05, 0) is 55.1 Å². The molecule has 168 valence electrons. The van der Waals surface area contributed by atoms with Crippen LogP contribution < -0.4 is 16.4 Å². The molecular weight excluding hydrogens is 416 g/mol. The first-order valence-corrected chi connectivity index (χ1v) is 10.9. The molecule has 0 aliphatic heterocycles. The number of carbonyl (C=O) groups is 2. The van der Waals surface area contributed by atoms with Gasteiger partial charge in [0, 0.05) is 23.8 Å². The molecule has 0 atom stereocenters. The number of amides is 3. The Bertz CT molecular complexity index is 830. The second-order valence-corrected chi connectivity index (χ2v) is 7.45. The minimum absolute atomic E-state index is 0.0843. The van der Waals surface area contributed by atoms with Crippen LogP contribution in [-0.4, -0.2) is 43.3 Å². The summed E-state index contributed by atoms with van der Waals surface area (Å²) >= 11 is 6.15. The molecule has 0 radical (unpaired) electrons. The molecule has 0 saturated carbocycles. The Morgan fingerprint density at radius 2 is 1.81 bits per heavy atom. The molecule has 0 heterocycles. The van der Waals surface area contributed by atoms with E-state index < -0.39 is 6.09 Å². The molecule has 2 aromatic rings. The molecular formula is C23H31ClN4O3. The van der Waals surface area contributed by atoms with Crippen molar-refractivity contribution in [3.8, 4) is 0 Å². The van der Waals surface area contributed by atoms with E-state index in [1.54, 1.807) is 11.0 Å². The first kappa shape index (κ1) is 24.5. The van der Waals surface area contributed by atoms with Crippen LogP contribution in [0.5, 0.6) is 0 Å². The van der Waals surface area contributed by atoms with Crippen LogP contribution >= 0.6 is 11.6 Å². The van der Waals surface area contributed by atoms with Crippen molar-refractivity contribution in [2.75, 3.05) is 31.6 Å². The molecule has 3 amide bonds. The number of anilines is 1. The number of nitrogens with zero attached hydrogens (tertiary/aromatic N) is 1. The van der Waals surface area contributed by atoms with Crippen molar-refractivity contribution >= 4 is 29.4 Å². The van der Waals surface area contributed by atoms with Crippen molar-refractivity contribution in [1.82, 2.24) is 10.2 Å². The van der Waals surface area contributed by atoms with Gasteiger partial charge in [0.15, 0.2) is 0 Å². The van der Waals surface area contributed by atoms with Gasteiger partial charge < -0.3 is 20.7 Å². The van der Waals surface area contributed by atoms with Gasteiger partial charge in [0.05, 0.1) is 6.54 Å². The van der Waals surface area contributed by atoms with E-state index in [0.29, 0.717) is 30.3 Å². The van der Waals surface area contributed by atoms with E-state index in [2.05, 4.69) is 17.6 Å². The Morgan fingerprint density at radius 1 is 1.06 bits per heavy atom. The highest BCUT2D eigenvalue weighted by molar-refractivity contribution is 6.31. The van der Waals surface area contributed by atoms with Gasteiger partial charge >= 0.3 is 12.1 Å². The zero-order valence-corrected chi connectivity index (χ0v) is 18.7. The topological polar surface area (TPSA) is 96.7 Å². The summed E-state index contributed by atoms with van der Waals surface area (Å²) < 4.78 is 5.25. The summed E-state index contributed by atoms with van der Waals surface area (Å²) in [4.78, 5) is 26.3. The van der Waals surface area contributed by atoms with Crippen molar-refractivity contribution in [3.63, 3.8) is 0 Å². The average molecular weight is 447 g/mol. The van der Waals surface area contributed by atoms with Gasteiger partial charge in [0.1, 0.15) is 6.61 Å². The predicted octanol–water partition coefficient (Wildman–Crippen LogP) is 4.40. The zero-order chi connectivity index (χ0) is 22.5. The molecule has 8 heteroatoms. The highest BCUT2D eigenvalue weighted by atomic mass is 35.5. The molecule has 4 N–H and O–H groups in total. The van der Waals surface area contributed by atoms with Crippen LogP contribution in [0.3, 0.4) is 0 Å². The second kappa shape index (κ2) is 13.5. The number of rotatable bonds is 11. The van der Waals surface area contributed by atoms with E-state index in [4.69, 9.17) is 22.1 Å². The van der Waals surface area contributed by atoms with Crippen LogP contribution in [0.15, 0.2) is 48.5 Å². The number of nitrogens with one attached hydrogen (secondary N) is 2. The van der Waals surface area contributed by atoms with Crippen LogP contribution in [0.2, 0.25) is 5.02 Å². The number of carbonyl (C=O) groups excluding carboxylic acids is 2. The Morgan fingerprint density at radius 3 is 2.48 bits per heavy atom. The molecule has 0 aliphatic carbocycles. The SMILES string of the molecule is CCc1ccc(NC(=O)OCCN(CCCCN)C(=O)NCc2ccccc2Cl)cc1. The number of halogens is 1. The zero-order valence-electron chi connectivity index (χ0n) is 17.9. The highest BCUT2D eigenvalue weighted by Crippen LogP contribution is 2.14. The number of hydrogen-bond acceptors (Lipinski definition) is 4. The van der Waals surface area contributed by atoms with Crippen molar-refractivity contribution in [3.05, 3.63) is 64.7 Å². The summed E-state index contributed by atoms with van der Waals surface area (Å²) in [6.45, 7) is 3.84. The van der Waals surface area contributed by atoms with E-state index in [1.807, 2.05) is 42.5 Å². The van der Waals surface area contributed by atoms with Crippen LogP contribution in [0.25, 0.3) is 0 Å². The van der Waals surface area contributed by atoms with E-state index in [0.717, 1.165) is 24.8 Å². The van der Waals surface area contributed by atoms with E-state index >= 15 is 0 Å². The van der Waals surface area contributed by atoms with Crippen LogP contribution in [0.4, 0.5) is 15.3 Å². The van der Waals surface area contributed by atoms with E-state index in [9.17, 15) is 9.59 Å². The maximum absolute atomic E-state index is 12.6. The molecule has 0 aliphatic rings. The minimum Gasteiger partial charge on any atom is -0.447 e. The summed E-state index contributed by atoms with van der Waals surface area (Å²) in [5.41, 5.74) is 8.26. The largest absolute Gasteiger partial charge is 0.447 e. The van der Waals surface area contributed by atoms with Crippen molar-refractivity contribution in [2.24, 2.45) is 5.73 Å². The lowest BCUT2D eigenvalue weighted by atomic mass is 10.1. The van der Waals surface area contributed by atoms with Crippen molar-refractivity contribution in [1.29, 1.82) is 0 Å². The van der Waals surface area contributed by atoms with Gasteiger partial charge in [-0.2, -0.15) is 0 Å². The first-order chi connectivity index (χ1) is 15.0. The van der Waals surface area contributed by atoms with Crippen molar-refractivity contribution < 1.29 is 14.3 Å². The molecule has 0 bridgehead atoms. The normalized spacial score (nSPS) is 10.4. The molecule has 0 spiro atoms. The van der Waals surface area contributed by atoms with Crippen LogP contribution in [-0.2, 0) is 17.7 Å². The summed E-state index contributed by atoms with van der Waals surface area (Å²) in [6, 6.07) is 14.7. The standard InChI is InChI=1S/C23H31ClN4O3/c1-2-18-9-11-20(12-10-18)27-23(30)31-16-15-28(14-6-5-13-25)22(29)26-17-19-7-3-4-8-21(19)24/h3-4,7-12H,2,5-6,13-17,25H2,1H3,(H,26,29)(H,27,30). The van der Waals surface area contributed by atoms with E-state index in [-0.39, 0.29) is 19.2 Å². The number of benzene rings is 2. The van der Waals surface area contributed by atoms with Gasteiger partial charge in [0.2, 0.25) is 0 Å². The lowest BCUT2D eigenvalue weighted by molar-refractivity contribution is 0.140. The Kier molecular flexibility index (Phi) is 10.7. The molecule has 2 rings (SSSR count). The highest BCUT2D eigenvalue weighted by Gasteiger charge is 2.14. The Labute approximate surface area is 188 Å².